The lowest BCUT2D eigenvalue weighted by atomic mass is 10.1. The fourth-order valence-electron chi connectivity index (χ4n) is 3.95. The van der Waals surface area contributed by atoms with Gasteiger partial charge in [-0.2, -0.15) is 0 Å². The van der Waals surface area contributed by atoms with Crippen LogP contribution in [0.5, 0.6) is 5.75 Å². The number of carboxylic acids is 1. The van der Waals surface area contributed by atoms with E-state index in [4.69, 9.17) is 9.84 Å². The van der Waals surface area contributed by atoms with E-state index in [9.17, 15) is 4.79 Å². The highest BCUT2D eigenvalue weighted by molar-refractivity contribution is 5.84. The Morgan fingerprint density at radius 3 is 2.52 bits per heavy atom. The molecule has 0 unspecified atom stereocenters. The van der Waals surface area contributed by atoms with Crippen molar-refractivity contribution >= 4 is 16.9 Å². The second kappa shape index (κ2) is 9.98. The smallest absolute Gasteiger partial charge is 0.303 e. The number of ether oxygens (including phenoxy) is 1. The number of nitrogens with zero attached hydrogens (tertiary/aromatic N) is 1. The zero-order chi connectivity index (χ0) is 21.5. The van der Waals surface area contributed by atoms with Gasteiger partial charge in [0.2, 0.25) is 0 Å². The molecule has 1 N–H and O–H groups in total. The van der Waals surface area contributed by atoms with E-state index in [0.717, 1.165) is 41.6 Å². The molecule has 0 radical (unpaired) electrons. The highest BCUT2D eigenvalue weighted by Crippen LogP contribution is 2.23. The molecular formula is C27H27NO3. The topological polar surface area (TPSA) is 51.5 Å². The van der Waals surface area contributed by atoms with Gasteiger partial charge in [0.25, 0.3) is 0 Å². The van der Waals surface area contributed by atoms with Crippen molar-refractivity contribution in [2.75, 3.05) is 6.61 Å². The van der Waals surface area contributed by atoms with E-state index < -0.39 is 5.97 Å². The molecule has 4 rings (SSSR count). The molecule has 0 spiro atoms. The lowest BCUT2D eigenvalue weighted by Crippen LogP contribution is -2.04. The highest BCUT2D eigenvalue weighted by Gasteiger charge is 2.09. The summed E-state index contributed by atoms with van der Waals surface area (Å²) in [6, 6.07) is 26.9. The van der Waals surface area contributed by atoms with Crippen LogP contribution in [0.15, 0.2) is 85.1 Å². The summed E-state index contributed by atoms with van der Waals surface area (Å²) in [6.45, 7) is 1.46. The molecule has 0 amide bonds. The summed E-state index contributed by atoms with van der Waals surface area (Å²) in [5, 5.41) is 10.2. The quantitative estimate of drug-likeness (QED) is 0.338. The molecule has 31 heavy (non-hydrogen) atoms. The van der Waals surface area contributed by atoms with E-state index in [-0.39, 0.29) is 6.42 Å². The predicted molar refractivity (Wildman–Crippen MR) is 124 cm³/mol. The number of fused-ring (bicyclic) bond motifs is 1. The molecule has 158 valence electrons. The highest BCUT2D eigenvalue weighted by atomic mass is 16.5. The fourth-order valence-corrected chi connectivity index (χ4v) is 3.95. The van der Waals surface area contributed by atoms with Crippen molar-refractivity contribution in [1.82, 2.24) is 4.57 Å². The summed E-state index contributed by atoms with van der Waals surface area (Å²) in [5.74, 6) is 0.132. The van der Waals surface area contributed by atoms with Crippen molar-refractivity contribution in [3.8, 4) is 5.75 Å². The first-order chi connectivity index (χ1) is 15.2. The predicted octanol–water partition coefficient (Wildman–Crippen LogP) is 5.72. The minimum absolute atomic E-state index is 0.149. The third-order valence-electron chi connectivity index (χ3n) is 5.44. The van der Waals surface area contributed by atoms with Gasteiger partial charge in [0.15, 0.2) is 0 Å². The van der Waals surface area contributed by atoms with Crippen molar-refractivity contribution < 1.29 is 14.6 Å². The second-order valence-corrected chi connectivity index (χ2v) is 7.77. The SMILES string of the molecule is O=C(O)CCc1cn(CCCOc2cccc(Cc3ccccc3)c2)c2ccccc12. The number of carbonyl (C=O) groups is 1. The maximum Gasteiger partial charge on any atom is 0.303 e. The number of hydrogen-bond donors (Lipinski definition) is 1. The Labute approximate surface area is 182 Å². The number of hydrogen-bond acceptors (Lipinski definition) is 2. The summed E-state index contributed by atoms with van der Waals surface area (Å²) >= 11 is 0. The monoisotopic (exact) mass is 413 g/mol. The van der Waals surface area contributed by atoms with Gasteiger partial charge in [0.1, 0.15) is 5.75 Å². The molecular weight excluding hydrogens is 386 g/mol. The van der Waals surface area contributed by atoms with Crippen molar-refractivity contribution in [3.05, 3.63) is 102 Å². The standard InChI is InChI=1S/C27H27NO3/c29-27(30)15-14-23-20-28(26-13-5-4-12-25(23)26)16-7-17-31-24-11-6-10-22(19-24)18-21-8-2-1-3-9-21/h1-6,8-13,19-20H,7,14-18H2,(H,29,30). The molecule has 0 aliphatic carbocycles. The number of rotatable bonds is 10. The number of aromatic nitrogens is 1. The first-order valence-corrected chi connectivity index (χ1v) is 10.7. The summed E-state index contributed by atoms with van der Waals surface area (Å²) in [7, 11) is 0. The Morgan fingerprint density at radius 2 is 1.68 bits per heavy atom. The molecule has 4 nitrogen and oxygen atoms in total. The summed E-state index contributed by atoms with van der Waals surface area (Å²) in [6.07, 6.45) is 4.56. The normalized spacial score (nSPS) is 11.0. The lowest BCUT2D eigenvalue weighted by molar-refractivity contribution is -0.136. The van der Waals surface area contributed by atoms with Crippen molar-refractivity contribution in [2.45, 2.75) is 32.2 Å². The molecule has 1 heterocycles. The van der Waals surface area contributed by atoms with E-state index in [1.165, 1.54) is 11.1 Å². The summed E-state index contributed by atoms with van der Waals surface area (Å²) in [4.78, 5) is 11.0. The molecule has 1 aromatic heterocycles. The molecule has 4 heteroatoms. The molecule has 0 bridgehead atoms. The van der Waals surface area contributed by atoms with Gasteiger partial charge in [-0.05, 0) is 54.2 Å². The van der Waals surface area contributed by atoms with Gasteiger partial charge in [-0.15, -0.1) is 0 Å². The molecule has 0 aliphatic rings. The molecule has 4 aromatic rings. The number of benzene rings is 3. The van der Waals surface area contributed by atoms with Crippen LogP contribution in [-0.4, -0.2) is 22.2 Å². The largest absolute Gasteiger partial charge is 0.494 e. The Morgan fingerprint density at radius 1 is 0.903 bits per heavy atom. The Balaban J connectivity index is 1.34. The third-order valence-corrected chi connectivity index (χ3v) is 5.44. The van der Waals surface area contributed by atoms with E-state index in [1.54, 1.807) is 0 Å². The van der Waals surface area contributed by atoms with E-state index >= 15 is 0 Å². The first-order valence-electron chi connectivity index (χ1n) is 10.7. The Bertz CT molecular complexity index is 1150. The van der Waals surface area contributed by atoms with Crippen molar-refractivity contribution in [3.63, 3.8) is 0 Å². The number of para-hydroxylation sites is 1. The van der Waals surface area contributed by atoms with Crippen LogP contribution in [0.3, 0.4) is 0 Å². The minimum Gasteiger partial charge on any atom is -0.494 e. The summed E-state index contributed by atoms with van der Waals surface area (Å²) < 4.78 is 8.22. The maximum atomic E-state index is 11.0. The van der Waals surface area contributed by atoms with Crippen LogP contribution < -0.4 is 4.74 Å². The van der Waals surface area contributed by atoms with E-state index in [1.807, 2.05) is 30.3 Å². The van der Waals surface area contributed by atoms with Gasteiger partial charge in [-0.3, -0.25) is 4.79 Å². The van der Waals surface area contributed by atoms with Gasteiger partial charge in [0, 0.05) is 30.1 Å². The molecule has 3 aromatic carbocycles. The van der Waals surface area contributed by atoms with Gasteiger partial charge >= 0.3 is 5.97 Å². The third kappa shape index (κ3) is 5.54. The first kappa shape index (κ1) is 20.7. The molecule has 0 aliphatic heterocycles. The summed E-state index contributed by atoms with van der Waals surface area (Å²) in [5.41, 5.74) is 4.77. The maximum absolute atomic E-state index is 11.0. The number of aliphatic carboxylic acids is 1. The molecule has 0 fully saturated rings. The van der Waals surface area contributed by atoms with E-state index in [0.29, 0.717) is 13.0 Å². The average Bonchev–Trinajstić information content (AvgIpc) is 3.14. The van der Waals surface area contributed by atoms with Crippen molar-refractivity contribution in [1.29, 1.82) is 0 Å². The van der Waals surface area contributed by atoms with Gasteiger partial charge in [-0.25, -0.2) is 0 Å². The minimum atomic E-state index is -0.764. The average molecular weight is 414 g/mol. The number of carboxylic acid groups (broad SMARTS) is 1. The number of aryl methyl sites for hydroxylation is 2. The van der Waals surface area contributed by atoms with Crippen LogP contribution in [0, 0.1) is 0 Å². The van der Waals surface area contributed by atoms with Crippen LogP contribution in [-0.2, 0) is 24.2 Å². The van der Waals surface area contributed by atoms with Gasteiger partial charge < -0.3 is 14.4 Å². The van der Waals surface area contributed by atoms with Crippen LogP contribution >= 0.6 is 0 Å². The zero-order valence-corrected chi connectivity index (χ0v) is 17.5. The van der Waals surface area contributed by atoms with Crippen LogP contribution in [0.25, 0.3) is 10.9 Å². The molecule has 0 saturated heterocycles. The van der Waals surface area contributed by atoms with Gasteiger partial charge in [0.05, 0.1) is 6.61 Å². The zero-order valence-electron chi connectivity index (χ0n) is 17.5. The molecule has 0 saturated carbocycles. The van der Waals surface area contributed by atoms with Crippen molar-refractivity contribution in [2.24, 2.45) is 0 Å². The van der Waals surface area contributed by atoms with Crippen LogP contribution in [0.4, 0.5) is 0 Å². The Kier molecular flexibility index (Phi) is 6.68. The second-order valence-electron chi connectivity index (χ2n) is 7.77. The van der Waals surface area contributed by atoms with E-state index in [2.05, 4.69) is 59.3 Å². The van der Waals surface area contributed by atoms with Crippen LogP contribution in [0.1, 0.15) is 29.5 Å². The lowest BCUT2D eigenvalue weighted by Gasteiger charge is -2.09. The fraction of sp³-hybridized carbons (Fsp3) is 0.222. The van der Waals surface area contributed by atoms with Gasteiger partial charge in [-0.1, -0.05) is 60.7 Å². The Hall–Kier alpha value is -3.53. The molecule has 0 atom stereocenters. The van der Waals surface area contributed by atoms with Crippen LogP contribution in [0.2, 0.25) is 0 Å².